The van der Waals surface area contributed by atoms with Crippen LogP contribution in [0.5, 0.6) is 0 Å². The molecule has 5 rings (SSSR count). The van der Waals surface area contributed by atoms with E-state index >= 15 is 0 Å². The molecule has 1 N–H and O–H groups in total. The standard InChI is InChI=1S/C22H29N5O/c1-2-24-22(27-13-18-19(14-27)21-7-6-20(18)28-21)25-11-16-4-3-5-17(10-16)12-26-9-8-23-15-26/h3-5,8-10,15,18-21H,2,6-7,11-14H2,1H3,(H,24,25). The van der Waals surface area contributed by atoms with Gasteiger partial charge in [-0.1, -0.05) is 24.3 Å². The summed E-state index contributed by atoms with van der Waals surface area (Å²) in [5.74, 6) is 2.44. The highest BCUT2D eigenvalue weighted by Crippen LogP contribution is 2.47. The number of hydrogen-bond donors (Lipinski definition) is 1. The molecule has 2 bridgehead atoms. The van der Waals surface area contributed by atoms with Crippen LogP contribution in [-0.4, -0.2) is 52.3 Å². The number of ether oxygens (including phenoxy) is 1. The average Bonchev–Trinajstić information content (AvgIpc) is 3.48. The van der Waals surface area contributed by atoms with Crippen molar-refractivity contribution >= 4 is 5.96 Å². The van der Waals surface area contributed by atoms with Gasteiger partial charge in [-0.3, -0.25) is 0 Å². The second-order valence-electron chi connectivity index (χ2n) is 8.25. The van der Waals surface area contributed by atoms with Crippen molar-refractivity contribution in [1.29, 1.82) is 0 Å². The van der Waals surface area contributed by atoms with Crippen molar-refractivity contribution in [3.63, 3.8) is 0 Å². The normalized spacial score (nSPS) is 28.8. The number of nitrogens with zero attached hydrogens (tertiary/aromatic N) is 4. The lowest BCUT2D eigenvalue weighted by atomic mass is 9.82. The zero-order valence-electron chi connectivity index (χ0n) is 16.5. The van der Waals surface area contributed by atoms with Gasteiger partial charge in [0.1, 0.15) is 0 Å². The first kappa shape index (κ1) is 17.7. The van der Waals surface area contributed by atoms with Crippen LogP contribution >= 0.6 is 0 Å². The van der Waals surface area contributed by atoms with Crippen LogP contribution in [0.3, 0.4) is 0 Å². The fourth-order valence-corrected chi connectivity index (χ4v) is 5.14. The second kappa shape index (κ2) is 7.59. The van der Waals surface area contributed by atoms with E-state index in [1.54, 1.807) is 0 Å². The summed E-state index contributed by atoms with van der Waals surface area (Å²) in [5, 5.41) is 3.51. The molecule has 3 aliphatic rings. The number of benzene rings is 1. The monoisotopic (exact) mass is 379 g/mol. The van der Waals surface area contributed by atoms with Crippen LogP contribution in [0.15, 0.2) is 48.0 Å². The van der Waals surface area contributed by atoms with E-state index in [1.165, 1.54) is 24.0 Å². The van der Waals surface area contributed by atoms with Crippen molar-refractivity contribution in [1.82, 2.24) is 19.8 Å². The number of guanidine groups is 1. The third-order valence-electron chi connectivity index (χ3n) is 6.41. The van der Waals surface area contributed by atoms with Crippen LogP contribution in [-0.2, 0) is 17.8 Å². The highest BCUT2D eigenvalue weighted by atomic mass is 16.5. The van der Waals surface area contributed by atoms with Crippen LogP contribution in [0, 0.1) is 11.8 Å². The topological polar surface area (TPSA) is 54.7 Å². The van der Waals surface area contributed by atoms with E-state index in [0.717, 1.165) is 32.1 Å². The largest absolute Gasteiger partial charge is 0.374 e. The van der Waals surface area contributed by atoms with Gasteiger partial charge < -0.3 is 19.5 Å². The smallest absolute Gasteiger partial charge is 0.194 e. The molecule has 28 heavy (non-hydrogen) atoms. The molecule has 4 atom stereocenters. The molecule has 0 aliphatic carbocycles. The first-order valence-electron chi connectivity index (χ1n) is 10.5. The van der Waals surface area contributed by atoms with Gasteiger partial charge in [0.2, 0.25) is 0 Å². The molecule has 3 aliphatic heterocycles. The highest BCUT2D eigenvalue weighted by molar-refractivity contribution is 5.80. The Kier molecular flexibility index (Phi) is 4.81. The van der Waals surface area contributed by atoms with E-state index < -0.39 is 0 Å². The van der Waals surface area contributed by atoms with Gasteiger partial charge in [-0.15, -0.1) is 0 Å². The van der Waals surface area contributed by atoms with Gasteiger partial charge in [0.15, 0.2) is 5.96 Å². The number of fused-ring (bicyclic) bond motifs is 5. The molecule has 4 unspecified atom stereocenters. The number of hydrogen-bond acceptors (Lipinski definition) is 3. The highest BCUT2D eigenvalue weighted by Gasteiger charge is 2.53. The molecule has 6 nitrogen and oxygen atoms in total. The van der Waals surface area contributed by atoms with Crippen LogP contribution in [0.2, 0.25) is 0 Å². The summed E-state index contributed by atoms with van der Waals surface area (Å²) in [5.41, 5.74) is 2.52. The van der Waals surface area contributed by atoms with Crippen molar-refractivity contribution in [2.75, 3.05) is 19.6 Å². The summed E-state index contributed by atoms with van der Waals surface area (Å²) < 4.78 is 8.21. The average molecular weight is 380 g/mol. The Hall–Kier alpha value is -2.34. The van der Waals surface area contributed by atoms with Gasteiger partial charge in [-0.2, -0.15) is 0 Å². The molecule has 3 saturated heterocycles. The van der Waals surface area contributed by atoms with Crippen molar-refractivity contribution in [2.24, 2.45) is 16.8 Å². The molecule has 1 aromatic carbocycles. The molecule has 1 aromatic heterocycles. The number of nitrogens with one attached hydrogen (secondary N) is 1. The van der Waals surface area contributed by atoms with Crippen LogP contribution < -0.4 is 5.32 Å². The first-order chi connectivity index (χ1) is 13.8. The fourth-order valence-electron chi connectivity index (χ4n) is 5.14. The van der Waals surface area contributed by atoms with Gasteiger partial charge in [-0.25, -0.2) is 9.98 Å². The summed E-state index contributed by atoms with van der Waals surface area (Å²) in [4.78, 5) is 11.6. The van der Waals surface area contributed by atoms with E-state index in [0.29, 0.717) is 30.6 Å². The zero-order chi connectivity index (χ0) is 18.9. The third kappa shape index (κ3) is 3.41. The lowest BCUT2D eigenvalue weighted by molar-refractivity contribution is 0.0767. The molecule has 4 heterocycles. The lowest BCUT2D eigenvalue weighted by Crippen LogP contribution is -2.41. The first-order valence-corrected chi connectivity index (χ1v) is 10.5. The minimum Gasteiger partial charge on any atom is -0.374 e. The molecule has 6 heteroatoms. The van der Waals surface area contributed by atoms with Crippen LogP contribution in [0.25, 0.3) is 0 Å². The van der Waals surface area contributed by atoms with Gasteiger partial charge in [0.05, 0.1) is 25.1 Å². The van der Waals surface area contributed by atoms with E-state index in [-0.39, 0.29) is 0 Å². The molecule has 0 spiro atoms. The maximum absolute atomic E-state index is 6.12. The Morgan fingerprint density at radius 2 is 2.00 bits per heavy atom. The Morgan fingerprint density at radius 1 is 1.21 bits per heavy atom. The molecule has 0 saturated carbocycles. The Balaban J connectivity index is 1.27. The number of imidazole rings is 1. The van der Waals surface area contributed by atoms with Crippen molar-refractivity contribution in [3.8, 4) is 0 Å². The molecule has 2 aromatic rings. The molecular weight excluding hydrogens is 350 g/mol. The summed E-state index contributed by atoms with van der Waals surface area (Å²) >= 11 is 0. The number of aromatic nitrogens is 2. The third-order valence-corrected chi connectivity index (χ3v) is 6.41. The minimum absolute atomic E-state index is 0.489. The molecule has 3 fully saturated rings. The summed E-state index contributed by atoms with van der Waals surface area (Å²) in [6.45, 7) is 6.75. The van der Waals surface area contributed by atoms with E-state index in [4.69, 9.17) is 9.73 Å². The van der Waals surface area contributed by atoms with Crippen LogP contribution in [0.4, 0.5) is 0 Å². The van der Waals surface area contributed by atoms with Crippen molar-refractivity contribution in [2.45, 2.75) is 45.1 Å². The SMILES string of the molecule is CCNC(=NCc1cccc(Cn2ccnc2)c1)N1CC2C3CCC(O3)C2C1. The molecule has 148 valence electrons. The minimum atomic E-state index is 0.489. The number of aliphatic imine (C=N–C) groups is 1. The molecule has 0 amide bonds. The summed E-state index contributed by atoms with van der Waals surface area (Å²) in [6.07, 6.45) is 9.14. The Bertz CT molecular complexity index is 815. The lowest BCUT2D eigenvalue weighted by Gasteiger charge is -2.23. The Morgan fingerprint density at radius 3 is 2.71 bits per heavy atom. The van der Waals surface area contributed by atoms with E-state index in [1.807, 2.05) is 18.7 Å². The van der Waals surface area contributed by atoms with Gasteiger partial charge in [-0.05, 0) is 30.9 Å². The second-order valence-corrected chi connectivity index (χ2v) is 8.25. The maximum Gasteiger partial charge on any atom is 0.194 e. The predicted molar refractivity (Wildman–Crippen MR) is 109 cm³/mol. The zero-order valence-corrected chi connectivity index (χ0v) is 16.5. The summed E-state index contributed by atoms with van der Waals surface area (Å²) in [6, 6.07) is 8.70. The predicted octanol–water partition coefficient (Wildman–Crippen LogP) is 2.51. The van der Waals surface area contributed by atoms with E-state index in [2.05, 4.69) is 51.0 Å². The van der Waals surface area contributed by atoms with Crippen LogP contribution in [0.1, 0.15) is 30.9 Å². The fraction of sp³-hybridized carbons (Fsp3) is 0.545. The Labute approximate surface area is 166 Å². The maximum atomic E-state index is 6.12. The van der Waals surface area contributed by atoms with E-state index in [9.17, 15) is 0 Å². The van der Waals surface area contributed by atoms with Gasteiger partial charge in [0, 0.05) is 50.4 Å². The van der Waals surface area contributed by atoms with Gasteiger partial charge in [0.25, 0.3) is 0 Å². The molecule has 0 radical (unpaired) electrons. The number of likely N-dealkylation sites (tertiary alicyclic amines) is 1. The van der Waals surface area contributed by atoms with Crippen molar-refractivity contribution in [3.05, 3.63) is 54.1 Å². The number of rotatable bonds is 5. The summed E-state index contributed by atoms with van der Waals surface area (Å²) in [7, 11) is 0. The molecular formula is C22H29N5O. The van der Waals surface area contributed by atoms with Gasteiger partial charge >= 0.3 is 0 Å². The quantitative estimate of drug-likeness (QED) is 0.641. The van der Waals surface area contributed by atoms with Crippen molar-refractivity contribution < 1.29 is 4.74 Å².